The van der Waals surface area contributed by atoms with E-state index in [9.17, 15) is 9.59 Å². The van der Waals surface area contributed by atoms with Crippen molar-refractivity contribution < 1.29 is 14.3 Å². The van der Waals surface area contributed by atoms with Crippen LogP contribution in [0, 0.1) is 0 Å². The average Bonchev–Trinajstić information content (AvgIpc) is 3.01. The highest BCUT2D eigenvalue weighted by Gasteiger charge is 2.28. The number of ketones is 1. The zero-order valence-electron chi connectivity index (χ0n) is 11.0. The van der Waals surface area contributed by atoms with E-state index in [-0.39, 0.29) is 11.7 Å². The lowest BCUT2D eigenvalue weighted by molar-refractivity contribution is 0.0956. The number of hydrogen-bond acceptors (Lipinski definition) is 4. The fourth-order valence-corrected chi connectivity index (χ4v) is 2.99. The van der Waals surface area contributed by atoms with E-state index in [0.717, 1.165) is 0 Å². The van der Waals surface area contributed by atoms with E-state index in [1.165, 1.54) is 11.3 Å². The van der Waals surface area contributed by atoms with Gasteiger partial charge in [-0.25, -0.2) is 0 Å². The summed E-state index contributed by atoms with van der Waals surface area (Å²) in [4.78, 5) is 26.8. The van der Waals surface area contributed by atoms with Gasteiger partial charge < -0.3 is 9.64 Å². The van der Waals surface area contributed by atoms with Crippen LogP contribution in [-0.2, 0) is 0 Å². The highest BCUT2D eigenvalue weighted by atomic mass is 32.1. The van der Waals surface area contributed by atoms with Gasteiger partial charge in [-0.05, 0) is 29.6 Å². The first-order chi connectivity index (χ1) is 9.70. The van der Waals surface area contributed by atoms with Gasteiger partial charge in [0.25, 0.3) is 5.91 Å². The van der Waals surface area contributed by atoms with Crippen LogP contribution in [0.25, 0.3) is 0 Å². The molecule has 2 heterocycles. The molecule has 1 aliphatic rings. The summed E-state index contributed by atoms with van der Waals surface area (Å²) < 4.78 is 5.14. The van der Waals surface area contributed by atoms with Crippen LogP contribution < -0.4 is 9.64 Å². The standard InChI is InChI=1S/C15H13NO3S/c1-19-10-4-5-12-11(9-10)13(17)6-7-16(12)15(18)14-3-2-8-20-14/h2-5,8-9H,6-7H2,1H3. The molecule has 4 nitrogen and oxygen atoms in total. The first-order valence-electron chi connectivity index (χ1n) is 6.27. The third-order valence-corrected chi connectivity index (χ3v) is 4.19. The molecular formula is C15H13NO3S. The minimum atomic E-state index is -0.0566. The Morgan fingerprint density at radius 3 is 2.90 bits per heavy atom. The maximum absolute atomic E-state index is 12.5. The molecule has 1 aromatic carbocycles. The number of carbonyl (C=O) groups excluding carboxylic acids is 2. The number of methoxy groups -OCH3 is 1. The normalized spacial score (nSPS) is 14.1. The van der Waals surface area contributed by atoms with Gasteiger partial charge in [0.05, 0.1) is 17.7 Å². The number of carbonyl (C=O) groups is 2. The first-order valence-corrected chi connectivity index (χ1v) is 7.15. The molecule has 2 aromatic rings. The van der Waals surface area contributed by atoms with E-state index in [2.05, 4.69) is 0 Å². The molecule has 0 radical (unpaired) electrons. The minimum Gasteiger partial charge on any atom is -0.497 e. The van der Waals surface area contributed by atoms with E-state index in [0.29, 0.717) is 34.8 Å². The van der Waals surface area contributed by atoms with E-state index in [1.54, 1.807) is 36.3 Å². The Morgan fingerprint density at radius 1 is 1.35 bits per heavy atom. The molecule has 1 aromatic heterocycles. The van der Waals surface area contributed by atoms with Crippen molar-refractivity contribution in [1.82, 2.24) is 0 Å². The number of anilines is 1. The number of rotatable bonds is 2. The third-order valence-electron chi connectivity index (χ3n) is 3.33. The van der Waals surface area contributed by atoms with Gasteiger partial charge in [0.2, 0.25) is 0 Å². The molecule has 102 valence electrons. The quantitative estimate of drug-likeness (QED) is 0.853. The molecule has 0 saturated carbocycles. The van der Waals surface area contributed by atoms with Crippen LogP contribution in [0.2, 0.25) is 0 Å². The van der Waals surface area contributed by atoms with Gasteiger partial charge in [-0.1, -0.05) is 6.07 Å². The van der Waals surface area contributed by atoms with Crippen molar-refractivity contribution in [3.63, 3.8) is 0 Å². The Balaban J connectivity index is 2.03. The largest absolute Gasteiger partial charge is 0.497 e. The summed E-state index contributed by atoms with van der Waals surface area (Å²) in [6.07, 6.45) is 0.345. The number of thiophene rings is 1. The molecule has 0 saturated heterocycles. The molecule has 0 N–H and O–H groups in total. The van der Waals surface area contributed by atoms with E-state index < -0.39 is 0 Å². The SMILES string of the molecule is COc1ccc2c(c1)C(=O)CCN2C(=O)c1cccs1. The number of ether oxygens (including phenoxy) is 1. The van der Waals surface area contributed by atoms with Gasteiger partial charge in [0.1, 0.15) is 5.75 Å². The van der Waals surface area contributed by atoms with Crippen molar-refractivity contribution in [2.75, 3.05) is 18.6 Å². The second kappa shape index (κ2) is 5.09. The van der Waals surface area contributed by atoms with Crippen LogP contribution in [0.5, 0.6) is 5.75 Å². The highest BCUT2D eigenvalue weighted by Crippen LogP contribution is 2.32. The molecule has 0 atom stereocenters. The molecular weight excluding hydrogens is 274 g/mol. The maximum atomic E-state index is 12.5. The maximum Gasteiger partial charge on any atom is 0.268 e. The van der Waals surface area contributed by atoms with Crippen LogP contribution >= 0.6 is 11.3 Å². The van der Waals surface area contributed by atoms with Gasteiger partial charge >= 0.3 is 0 Å². The van der Waals surface area contributed by atoms with E-state index in [4.69, 9.17) is 4.74 Å². The summed E-state index contributed by atoms with van der Waals surface area (Å²) in [6, 6.07) is 8.89. The Bertz CT molecular complexity index is 664. The number of fused-ring (bicyclic) bond motifs is 1. The summed E-state index contributed by atoms with van der Waals surface area (Å²) in [5.41, 5.74) is 1.22. The lowest BCUT2D eigenvalue weighted by Crippen LogP contribution is -2.37. The summed E-state index contributed by atoms with van der Waals surface area (Å²) in [7, 11) is 1.56. The van der Waals surface area contributed by atoms with Crippen molar-refractivity contribution in [1.29, 1.82) is 0 Å². The van der Waals surface area contributed by atoms with Crippen molar-refractivity contribution in [2.24, 2.45) is 0 Å². The number of Topliss-reactive ketones (excluding diaryl/α,β-unsaturated/α-hetero) is 1. The summed E-state index contributed by atoms with van der Waals surface area (Å²) in [5, 5.41) is 1.87. The topological polar surface area (TPSA) is 46.6 Å². The van der Waals surface area contributed by atoms with Gasteiger partial charge in [-0.3, -0.25) is 9.59 Å². The zero-order chi connectivity index (χ0) is 14.1. The number of benzene rings is 1. The molecule has 0 bridgehead atoms. The Kier molecular flexibility index (Phi) is 3.28. The van der Waals surface area contributed by atoms with Crippen LogP contribution in [0.1, 0.15) is 26.5 Å². The molecule has 1 amide bonds. The monoisotopic (exact) mass is 287 g/mol. The molecule has 0 spiro atoms. The number of nitrogens with zero attached hydrogens (tertiary/aromatic N) is 1. The molecule has 1 aliphatic heterocycles. The Morgan fingerprint density at radius 2 is 2.20 bits per heavy atom. The second-order valence-electron chi connectivity index (χ2n) is 4.49. The first kappa shape index (κ1) is 12.9. The van der Waals surface area contributed by atoms with Gasteiger partial charge in [0, 0.05) is 18.5 Å². The lowest BCUT2D eigenvalue weighted by atomic mass is 10.00. The fourth-order valence-electron chi connectivity index (χ4n) is 2.31. The lowest BCUT2D eigenvalue weighted by Gasteiger charge is -2.28. The van der Waals surface area contributed by atoms with Crippen molar-refractivity contribution in [2.45, 2.75) is 6.42 Å². The smallest absolute Gasteiger partial charge is 0.268 e. The van der Waals surface area contributed by atoms with Crippen LogP contribution in [-0.4, -0.2) is 25.3 Å². The average molecular weight is 287 g/mol. The number of amides is 1. The number of hydrogen-bond donors (Lipinski definition) is 0. The molecule has 5 heteroatoms. The zero-order valence-corrected chi connectivity index (χ0v) is 11.8. The second-order valence-corrected chi connectivity index (χ2v) is 5.44. The molecule has 20 heavy (non-hydrogen) atoms. The van der Waals surface area contributed by atoms with E-state index >= 15 is 0 Å². The Labute approximate surface area is 120 Å². The highest BCUT2D eigenvalue weighted by molar-refractivity contribution is 7.12. The van der Waals surface area contributed by atoms with Gasteiger partial charge in [-0.15, -0.1) is 11.3 Å². The van der Waals surface area contributed by atoms with E-state index in [1.807, 2.05) is 11.4 Å². The molecule has 0 aliphatic carbocycles. The predicted molar refractivity (Wildman–Crippen MR) is 77.9 cm³/mol. The minimum absolute atomic E-state index is 0.0501. The van der Waals surface area contributed by atoms with Crippen molar-refractivity contribution in [3.05, 3.63) is 46.2 Å². The van der Waals surface area contributed by atoms with Crippen LogP contribution in [0.4, 0.5) is 5.69 Å². The van der Waals surface area contributed by atoms with Crippen LogP contribution in [0.15, 0.2) is 35.7 Å². The summed E-state index contributed by atoms with van der Waals surface area (Å²) >= 11 is 1.41. The molecule has 0 fully saturated rings. The molecule has 0 unspecified atom stereocenters. The fraction of sp³-hybridized carbons (Fsp3) is 0.200. The van der Waals surface area contributed by atoms with Crippen molar-refractivity contribution >= 4 is 28.7 Å². The van der Waals surface area contributed by atoms with Gasteiger partial charge in [-0.2, -0.15) is 0 Å². The van der Waals surface area contributed by atoms with Crippen LogP contribution in [0.3, 0.4) is 0 Å². The van der Waals surface area contributed by atoms with Gasteiger partial charge in [0.15, 0.2) is 5.78 Å². The molecule has 3 rings (SSSR count). The third kappa shape index (κ3) is 2.10. The Hall–Kier alpha value is -2.14. The van der Waals surface area contributed by atoms with Crippen molar-refractivity contribution in [3.8, 4) is 5.75 Å². The summed E-state index contributed by atoms with van der Waals surface area (Å²) in [5.74, 6) is 0.621. The summed E-state index contributed by atoms with van der Waals surface area (Å²) in [6.45, 7) is 0.425. The predicted octanol–water partition coefficient (Wildman–Crippen LogP) is 2.99.